The Labute approximate surface area is 84.3 Å². The van der Waals surface area contributed by atoms with Crippen LogP contribution in [0.25, 0.3) is 0 Å². The molecule has 0 aliphatic carbocycles. The van der Waals surface area contributed by atoms with Crippen molar-refractivity contribution in [3.8, 4) is 0 Å². The van der Waals surface area contributed by atoms with E-state index < -0.39 is 10.2 Å². The highest BCUT2D eigenvalue weighted by atomic mass is 32.2. The zero-order valence-electron chi connectivity index (χ0n) is 8.19. The maximum atomic E-state index is 10.7. The molecule has 0 fully saturated rings. The van der Waals surface area contributed by atoms with Gasteiger partial charge in [-0.25, -0.2) is 5.14 Å². The molecule has 0 radical (unpaired) electrons. The van der Waals surface area contributed by atoms with Crippen molar-refractivity contribution in [2.45, 2.75) is 19.8 Å². The summed E-state index contributed by atoms with van der Waals surface area (Å²) in [4.78, 5) is 0. The lowest BCUT2D eigenvalue weighted by Crippen LogP contribution is -2.21. The number of hydrogen-bond donors (Lipinski definition) is 2. The Balaban J connectivity index is 2.95. The van der Waals surface area contributed by atoms with E-state index in [0.717, 1.165) is 5.56 Å². The molecule has 78 valence electrons. The molecule has 5 heteroatoms. The minimum absolute atomic E-state index is 0.359. The Morgan fingerprint density at radius 3 is 2.50 bits per heavy atom. The third-order valence-electron chi connectivity index (χ3n) is 1.81. The van der Waals surface area contributed by atoms with Crippen LogP contribution < -0.4 is 9.86 Å². The van der Waals surface area contributed by atoms with E-state index in [1.165, 1.54) is 0 Å². The van der Waals surface area contributed by atoms with E-state index in [1.807, 2.05) is 19.9 Å². The normalized spacial score (nSPS) is 11.7. The molecule has 1 rings (SSSR count). The lowest BCUT2D eigenvalue weighted by molar-refractivity contribution is 0.603. The zero-order valence-corrected chi connectivity index (χ0v) is 9.01. The van der Waals surface area contributed by atoms with Crippen molar-refractivity contribution < 1.29 is 8.42 Å². The molecule has 0 spiro atoms. The number of nitrogens with one attached hydrogen (secondary N) is 1. The fourth-order valence-corrected chi connectivity index (χ4v) is 1.58. The molecular formula is C9H14N2O2S. The van der Waals surface area contributed by atoms with Crippen LogP contribution in [0, 0.1) is 0 Å². The van der Waals surface area contributed by atoms with E-state index in [1.54, 1.807) is 18.2 Å². The van der Waals surface area contributed by atoms with Crippen LogP contribution in [0.2, 0.25) is 0 Å². The monoisotopic (exact) mass is 214 g/mol. The highest BCUT2D eigenvalue weighted by Crippen LogP contribution is 2.18. The molecule has 0 saturated heterocycles. The van der Waals surface area contributed by atoms with E-state index in [-0.39, 0.29) is 0 Å². The summed E-state index contributed by atoms with van der Waals surface area (Å²) in [5.74, 6) is 0.359. The van der Waals surface area contributed by atoms with Gasteiger partial charge in [0.15, 0.2) is 0 Å². The molecule has 0 aliphatic heterocycles. The van der Waals surface area contributed by atoms with Gasteiger partial charge >= 0.3 is 0 Å². The summed E-state index contributed by atoms with van der Waals surface area (Å²) in [6, 6.07) is 7.17. The average molecular weight is 214 g/mol. The Morgan fingerprint density at radius 2 is 2.00 bits per heavy atom. The summed E-state index contributed by atoms with van der Waals surface area (Å²) >= 11 is 0. The van der Waals surface area contributed by atoms with Crippen LogP contribution in [0.15, 0.2) is 24.3 Å². The zero-order chi connectivity index (χ0) is 10.8. The first-order chi connectivity index (χ1) is 6.38. The molecular weight excluding hydrogens is 200 g/mol. The topological polar surface area (TPSA) is 72.2 Å². The maximum absolute atomic E-state index is 10.7. The Hall–Kier alpha value is -1.07. The SMILES string of the molecule is CC(C)c1cccc(NS(N)(=O)=O)c1. The maximum Gasteiger partial charge on any atom is 0.296 e. The molecule has 14 heavy (non-hydrogen) atoms. The van der Waals surface area contributed by atoms with E-state index in [0.29, 0.717) is 11.6 Å². The first-order valence-electron chi connectivity index (χ1n) is 4.29. The van der Waals surface area contributed by atoms with Gasteiger partial charge in [0.1, 0.15) is 0 Å². The molecule has 3 N–H and O–H groups in total. The third kappa shape index (κ3) is 3.35. The van der Waals surface area contributed by atoms with E-state index in [2.05, 4.69) is 4.72 Å². The van der Waals surface area contributed by atoms with Gasteiger partial charge in [0, 0.05) is 0 Å². The van der Waals surface area contributed by atoms with Gasteiger partial charge in [-0.2, -0.15) is 8.42 Å². The second kappa shape index (κ2) is 3.98. The highest BCUT2D eigenvalue weighted by Gasteiger charge is 2.04. The number of nitrogens with two attached hydrogens (primary N) is 1. The summed E-state index contributed by atoms with van der Waals surface area (Å²) in [5.41, 5.74) is 1.57. The average Bonchev–Trinajstić information content (AvgIpc) is 2.01. The van der Waals surface area contributed by atoms with Gasteiger partial charge in [-0.3, -0.25) is 4.72 Å². The van der Waals surface area contributed by atoms with Crippen LogP contribution in [-0.4, -0.2) is 8.42 Å². The van der Waals surface area contributed by atoms with E-state index >= 15 is 0 Å². The minimum atomic E-state index is -3.67. The number of rotatable bonds is 3. The molecule has 0 heterocycles. The molecule has 0 unspecified atom stereocenters. The standard InChI is InChI=1S/C9H14N2O2S/c1-7(2)8-4-3-5-9(6-8)11-14(10,12)13/h3-7,11H,1-2H3,(H2,10,12,13). The van der Waals surface area contributed by atoms with Gasteiger partial charge in [0.25, 0.3) is 10.2 Å². The molecule has 1 aromatic carbocycles. The summed E-state index contributed by atoms with van der Waals surface area (Å²) < 4.78 is 23.7. The van der Waals surface area contributed by atoms with Gasteiger partial charge < -0.3 is 0 Å². The first-order valence-corrected chi connectivity index (χ1v) is 5.83. The number of anilines is 1. The van der Waals surface area contributed by atoms with Crippen molar-refractivity contribution in [2.75, 3.05) is 4.72 Å². The van der Waals surface area contributed by atoms with Gasteiger partial charge in [0.2, 0.25) is 0 Å². The van der Waals surface area contributed by atoms with Crippen molar-refractivity contribution in [1.82, 2.24) is 0 Å². The van der Waals surface area contributed by atoms with Crippen molar-refractivity contribution in [2.24, 2.45) is 5.14 Å². The van der Waals surface area contributed by atoms with Gasteiger partial charge in [-0.15, -0.1) is 0 Å². The Bertz CT molecular complexity index is 413. The van der Waals surface area contributed by atoms with Crippen molar-refractivity contribution in [1.29, 1.82) is 0 Å². The number of benzene rings is 1. The van der Waals surface area contributed by atoms with Gasteiger partial charge in [0.05, 0.1) is 5.69 Å². The summed E-state index contributed by atoms with van der Waals surface area (Å²) in [7, 11) is -3.67. The molecule has 0 bridgehead atoms. The molecule has 0 atom stereocenters. The van der Waals surface area contributed by atoms with Crippen LogP contribution in [0.3, 0.4) is 0 Å². The molecule has 0 saturated carbocycles. The van der Waals surface area contributed by atoms with E-state index in [9.17, 15) is 8.42 Å². The lowest BCUT2D eigenvalue weighted by Gasteiger charge is -2.08. The predicted octanol–water partition coefficient (Wildman–Crippen LogP) is 1.43. The van der Waals surface area contributed by atoms with Crippen molar-refractivity contribution in [3.05, 3.63) is 29.8 Å². The Kier molecular flexibility index (Phi) is 3.13. The summed E-state index contributed by atoms with van der Waals surface area (Å²) in [6.45, 7) is 4.08. The van der Waals surface area contributed by atoms with Crippen molar-refractivity contribution >= 4 is 15.9 Å². The van der Waals surface area contributed by atoms with Crippen LogP contribution in [0.1, 0.15) is 25.3 Å². The van der Waals surface area contributed by atoms with Gasteiger partial charge in [-0.05, 0) is 23.6 Å². The molecule has 0 aliphatic rings. The molecule has 0 aromatic heterocycles. The minimum Gasteiger partial charge on any atom is -0.271 e. The van der Waals surface area contributed by atoms with Crippen molar-refractivity contribution in [3.63, 3.8) is 0 Å². The summed E-state index contributed by atoms with van der Waals surface area (Å²) in [5, 5.41) is 4.85. The fourth-order valence-electron chi connectivity index (χ4n) is 1.13. The predicted molar refractivity (Wildman–Crippen MR) is 57.3 cm³/mol. The summed E-state index contributed by atoms with van der Waals surface area (Å²) in [6.07, 6.45) is 0. The van der Waals surface area contributed by atoms with Crippen LogP contribution in [0.4, 0.5) is 5.69 Å². The van der Waals surface area contributed by atoms with Gasteiger partial charge in [-0.1, -0.05) is 26.0 Å². The van der Waals surface area contributed by atoms with Crippen LogP contribution >= 0.6 is 0 Å². The third-order valence-corrected chi connectivity index (χ3v) is 2.33. The quantitative estimate of drug-likeness (QED) is 0.798. The lowest BCUT2D eigenvalue weighted by atomic mass is 10.0. The highest BCUT2D eigenvalue weighted by molar-refractivity contribution is 7.90. The Morgan fingerprint density at radius 1 is 1.36 bits per heavy atom. The van der Waals surface area contributed by atoms with Crippen LogP contribution in [-0.2, 0) is 10.2 Å². The largest absolute Gasteiger partial charge is 0.296 e. The number of hydrogen-bond acceptors (Lipinski definition) is 2. The smallest absolute Gasteiger partial charge is 0.271 e. The molecule has 0 amide bonds. The second-order valence-corrected chi connectivity index (χ2v) is 4.72. The first kappa shape index (κ1) is 11.0. The second-order valence-electron chi connectivity index (χ2n) is 3.43. The fraction of sp³-hybridized carbons (Fsp3) is 0.333. The molecule has 4 nitrogen and oxygen atoms in total. The van der Waals surface area contributed by atoms with Crippen LogP contribution in [0.5, 0.6) is 0 Å². The molecule has 1 aromatic rings. The van der Waals surface area contributed by atoms with E-state index in [4.69, 9.17) is 5.14 Å².